The summed E-state index contributed by atoms with van der Waals surface area (Å²) in [6.45, 7) is 10.1. The van der Waals surface area contributed by atoms with Crippen molar-refractivity contribution in [1.29, 1.82) is 0 Å². The molecule has 2 bridgehead atoms. The van der Waals surface area contributed by atoms with E-state index in [2.05, 4.69) is 57.4 Å². The number of benzene rings is 2. The first-order valence-electron chi connectivity index (χ1n) is 24.2. The summed E-state index contributed by atoms with van der Waals surface area (Å²) in [6, 6.07) is 10.9. The van der Waals surface area contributed by atoms with E-state index in [1.807, 2.05) is 54.1 Å². The molecule has 10 atom stereocenters. The number of para-hydroxylation sites is 1. The third kappa shape index (κ3) is 6.32. The first kappa shape index (κ1) is 45.4. The van der Waals surface area contributed by atoms with Crippen LogP contribution in [0.15, 0.2) is 60.7 Å². The number of anilines is 1. The molecule has 1 spiro atoms. The normalized spacial score (nSPS) is 35.0. The molecule has 0 radical (unpaired) electrons. The second-order valence-corrected chi connectivity index (χ2v) is 20.4. The highest BCUT2D eigenvalue weighted by Crippen LogP contribution is 2.68. The zero-order valence-corrected chi connectivity index (χ0v) is 40.0. The maximum Gasteiger partial charge on any atom is 0.344 e. The van der Waals surface area contributed by atoms with Crippen molar-refractivity contribution in [1.82, 2.24) is 25.0 Å². The second-order valence-electron chi connectivity index (χ2n) is 20.4. The molecule has 2 aromatic carbocycles. The summed E-state index contributed by atoms with van der Waals surface area (Å²) >= 11 is 0. The number of carbonyl (C=O) groups is 4. The minimum Gasteiger partial charge on any atom is -0.496 e. The fourth-order valence-corrected chi connectivity index (χ4v) is 14.8. The Morgan fingerprint density at radius 1 is 0.910 bits per heavy atom. The summed E-state index contributed by atoms with van der Waals surface area (Å²) in [4.78, 5) is 69.9. The first-order chi connectivity index (χ1) is 32.2. The Bertz CT molecular complexity index is 2580. The number of hydrogen-bond donors (Lipinski definition) is 3. The van der Waals surface area contributed by atoms with Gasteiger partial charge >= 0.3 is 23.9 Å². The summed E-state index contributed by atoms with van der Waals surface area (Å²) in [5, 5.41) is 18.0. The van der Waals surface area contributed by atoms with E-state index in [0.29, 0.717) is 95.7 Å². The van der Waals surface area contributed by atoms with Gasteiger partial charge in [0, 0.05) is 104 Å². The predicted octanol–water partition coefficient (Wildman–Crippen LogP) is 4.97. The van der Waals surface area contributed by atoms with Crippen molar-refractivity contribution in [2.45, 2.75) is 106 Å². The summed E-state index contributed by atoms with van der Waals surface area (Å²) in [5.41, 5.74) is -1.37. The Balaban J connectivity index is 1.22. The fourth-order valence-electron chi connectivity index (χ4n) is 14.8. The van der Waals surface area contributed by atoms with Crippen molar-refractivity contribution >= 4 is 40.5 Å². The average molecular weight is 919 g/mol. The van der Waals surface area contributed by atoms with Crippen LogP contribution in [-0.2, 0) is 45.8 Å². The molecule has 2 amide bonds. The lowest BCUT2D eigenvalue weighted by atomic mass is 9.47. The monoisotopic (exact) mass is 918 g/mol. The number of urea groups is 1. The highest BCUT2D eigenvalue weighted by Gasteiger charge is 2.80. The fraction of sp³-hybridized carbons (Fsp3) is 0.577. The number of aromatic amines is 1. The molecule has 7 heterocycles. The van der Waals surface area contributed by atoms with E-state index < -0.39 is 57.4 Å². The number of methoxy groups -OCH3 is 3. The molecule has 1 unspecified atom stereocenters. The van der Waals surface area contributed by atoms with Crippen molar-refractivity contribution in [3.8, 4) is 5.75 Å². The van der Waals surface area contributed by atoms with Gasteiger partial charge in [0.25, 0.3) is 0 Å². The number of rotatable bonds is 8. The number of amides is 2. The molecule has 1 saturated carbocycles. The predicted molar refractivity (Wildman–Crippen MR) is 252 cm³/mol. The number of likely N-dealkylation sites (N-methyl/N-ethyl adjacent to an activating group) is 1. The molecule has 67 heavy (non-hydrogen) atoms. The number of hydrogen-bond acceptors (Lipinski definition) is 12. The number of fused-ring (bicyclic) bond motifs is 6. The number of piperidine rings is 1. The van der Waals surface area contributed by atoms with Gasteiger partial charge in [-0.2, -0.15) is 0 Å². The quantitative estimate of drug-likeness (QED) is 0.158. The summed E-state index contributed by atoms with van der Waals surface area (Å²) in [7, 11) is 6.19. The lowest BCUT2D eigenvalue weighted by Gasteiger charge is -2.63. The standard InChI is InChI=1S/C52H66N6O9/c1-8-48(54-47(62)58-21-13-10-14-22-58)28-33-29-51(45(60)65-6,41-35(18-24-56(30-33)31-48)34-16-11-12-17-38(34)53-41)37-26-36-39(27-40(37)64-5)55(4)43-50(36)20-25-57-23-15-19-49(9-2,42(50)57)44(67-32(3)59)52(43,63)46(61)66-7/h10-13,15-17,19,26-27,33,42-44,53,63H,8-9,14,18,20-25,28-31H2,1-7H3,(H,54,62)/t33-,42+,43-,44-,48+,49-,50-,51+,52+/m1/s1. The first-order valence-corrected chi connectivity index (χ1v) is 24.2. The van der Waals surface area contributed by atoms with Crippen LogP contribution in [0.2, 0.25) is 0 Å². The molecule has 3 N–H and O–H groups in total. The molecule has 3 fully saturated rings. The molecule has 3 aromatic rings. The summed E-state index contributed by atoms with van der Waals surface area (Å²) in [6.07, 6.45) is 11.1. The highest BCUT2D eigenvalue weighted by atomic mass is 16.6. The van der Waals surface area contributed by atoms with Crippen molar-refractivity contribution in [3.63, 3.8) is 0 Å². The van der Waals surface area contributed by atoms with Gasteiger partial charge in [0.1, 0.15) is 11.2 Å². The van der Waals surface area contributed by atoms with E-state index in [1.165, 1.54) is 21.1 Å². The van der Waals surface area contributed by atoms with E-state index >= 15 is 4.79 Å². The molecule has 15 nitrogen and oxygen atoms in total. The number of carbonyl (C=O) groups excluding carboxylic acids is 4. The number of aromatic nitrogens is 1. The largest absolute Gasteiger partial charge is 0.496 e. The molecule has 6 aliphatic heterocycles. The Hall–Kier alpha value is -5.38. The molecular formula is C52H66N6O9. The lowest BCUT2D eigenvalue weighted by molar-refractivity contribution is -0.228. The van der Waals surface area contributed by atoms with Gasteiger partial charge < -0.3 is 49.1 Å². The van der Waals surface area contributed by atoms with Crippen LogP contribution >= 0.6 is 0 Å². The molecule has 1 aromatic heterocycles. The van der Waals surface area contributed by atoms with E-state index in [1.54, 1.807) is 7.11 Å². The molecule has 358 valence electrons. The molecular weight excluding hydrogens is 853 g/mol. The maximum atomic E-state index is 15.7. The Labute approximate surface area is 392 Å². The number of ether oxygens (including phenoxy) is 4. The van der Waals surface area contributed by atoms with Crippen LogP contribution in [0, 0.1) is 11.3 Å². The van der Waals surface area contributed by atoms with E-state index in [4.69, 9.17) is 18.9 Å². The minimum absolute atomic E-state index is 0.0722. The number of esters is 3. The second kappa shape index (κ2) is 16.4. The van der Waals surface area contributed by atoms with E-state index in [-0.39, 0.29) is 18.0 Å². The summed E-state index contributed by atoms with van der Waals surface area (Å²) < 4.78 is 24.3. The van der Waals surface area contributed by atoms with Gasteiger partial charge in [-0.25, -0.2) is 9.59 Å². The van der Waals surface area contributed by atoms with Gasteiger partial charge in [-0.1, -0.05) is 56.4 Å². The van der Waals surface area contributed by atoms with Crippen LogP contribution in [-0.4, -0.2) is 152 Å². The molecule has 7 aliphatic rings. The highest BCUT2D eigenvalue weighted by molar-refractivity contribution is 5.95. The zero-order valence-electron chi connectivity index (χ0n) is 40.0. The van der Waals surface area contributed by atoms with Crippen molar-refractivity contribution < 1.29 is 43.2 Å². The van der Waals surface area contributed by atoms with Crippen molar-refractivity contribution in [2.24, 2.45) is 11.3 Å². The Kier molecular flexibility index (Phi) is 11.1. The van der Waals surface area contributed by atoms with Gasteiger partial charge in [-0.3, -0.25) is 14.5 Å². The molecule has 2 saturated heterocycles. The topological polar surface area (TPSA) is 166 Å². The van der Waals surface area contributed by atoms with Crippen molar-refractivity contribution in [3.05, 3.63) is 83.1 Å². The molecule has 10 rings (SSSR count). The zero-order chi connectivity index (χ0) is 47.3. The number of aliphatic hydroxyl groups is 1. The lowest BCUT2D eigenvalue weighted by Crippen LogP contribution is -2.81. The van der Waals surface area contributed by atoms with Gasteiger partial charge in [0.2, 0.25) is 5.60 Å². The Morgan fingerprint density at radius 2 is 1.70 bits per heavy atom. The Morgan fingerprint density at radius 3 is 2.40 bits per heavy atom. The van der Waals surface area contributed by atoms with Crippen LogP contribution in [0.1, 0.15) is 81.7 Å². The van der Waals surface area contributed by atoms with Crippen LogP contribution in [0.25, 0.3) is 10.9 Å². The van der Waals surface area contributed by atoms with Gasteiger partial charge in [0.05, 0.1) is 32.9 Å². The number of nitrogens with one attached hydrogen (secondary N) is 2. The third-order valence-corrected chi connectivity index (χ3v) is 17.4. The van der Waals surface area contributed by atoms with Crippen LogP contribution in [0.3, 0.4) is 0 Å². The number of nitrogens with zero attached hydrogens (tertiary/aromatic N) is 4. The molecule has 1 aliphatic carbocycles. The minimum atomic E-state index is -2.32. The van der Waals surface area contributed by atoms with E-state index in [9.17, 15) is 19.5 Å². The van der Waals surface area contributed by atoms with Crippen molar-refractivity contribution in [2.75, 3.05) is 79.1 Å². The van der Waals surface area contributed by atoms with E-state index in [0.717, 1.165) is 39.8 Å². The maximum absolute atomic E-state index is 15.7. The third-order valence-electron chi connectivity index (χ3n) is 17.4. The smallest absolute Gasteiger partial charge is 0.344 e. The molecule has 15 heteroatoms. The summed E-state index contributed by atoms with van der Waals surface area (Å²) in [5.74, 6) is -1.57. The average Bonchev–Trinajstić information content (AvgIpc) is 4.00. The van der Waals surface area contributed by atoms with Gasteiger partial charge in [0.15, 0.2) is 6.10 Å². The van der Waals surface area contributed by atoms with Crippen LogP contribution in [0.4, 0.5) is 10.5 Å². The van der Waals surface area contributed by atoms with Gasteiger partial charge in [-0.15, -0.1) is 0 Å². The SMILES string of the molecule is CC[C@]1(NC(=O)N2CC=CCC2)C[C@H]2CN(CCc3c([nH]c4ccccc34)[C@@](C(=O)OC)(c3cc4c(cc3OC)N(C)[C@H]3[C@@](O)(C(=O)OC)[C@H](OC(C)=O)[C@]5(CC)C=CCN6CC[C@]43[C@@H]65)C2)C1. The van der Waals surface area contributed by atoms with Crippen LogP contribution < -0.4 is 15.0 Å². The van der Waals surface area contributed by atoms with Gasteiger partial charge in [-0.05, 0) is 80.7 Å². The van der Waals surface area contributed by atoms with Crippen LogP contribution in [0.5, 0.6) is 5.75 Å². The number of H-pyrrole nitrogens is 1.